The number of sulfone groups is 1. The first kappa shape index (κ1) is 14.1. The Hall–Kier alpha value is -1.82. The van der Waals surface area contributed by atoms with Crippen molar-refractivity contribution in [2.75, 3.05) is 12.4 Å². The Morgan fingerprint density at radius 2 is 2.14 bits per heavy atom. The molecule has 0 aromatic heterocycles. The number of ether oxygens (including phenoxy) is 1. The van der Waals surface area contributed by atoms with E-state index in [9.17, 15) is 13.2 Å². The van der Waals surface area contributed by atoms with Gasteiger partial charge >= 0.3 is 0 Å². The largest absolute Gasteiger partial charge is 0.493 e. The summed E-state index contributed by atoms with van der Waals surface area (Å²) in [4.78, 5) is 12.1. The van der Waals surface area contributed by atoms with Crippen molar-refractivity contribution in [1.82, 2.24) is 5.32 Å². The van der Waals surface area contributed by atoms with Crippen LogP contribution in [0.5, 0.6) is 5.75 Å². The van der Waals surface area contributed by atoms with E-state index in [-0.39, 0.29) is 30.0 Å². The molecule has 1 aromatic carbocycles. The van der Waals surface area contributed by atoms with Crippen LogP contribution in [-0.2, 0) is 14.6 Å². The van der Waals surface area contributed by atoms with Gasteiger partial charge in [-0.25, -0.2) is 8.42 Å². The predicted molar refractivity (Wildman–Crippen MR) is 78.5 cm³/mol. The fraction of sp³-hybridized carbons (Fsp3) is 0.400. The van der Waals surface area contributed by atoms with E-state index < -0.39 is 9.84 Å². The van der Waals surface area contributed by atoms with Crippen molar-refractivity contribution in [3.63, 3.8) is 0 Å². The van der Waals surface area contributed by atoms with Crippen molar-refractivity contribution in [3.05, 3.63) is 41.3 Å². The molecule has 1 aromatic rings. The summed E-state index contributed by atoms with van der Waals surface area (Å²) in [6.07, 6.45) is 2.53. The fourth-order valence-corrected chi connectivity index (χ4v) is 4.15. The van der Waals surface area contributed by atoms with Crippen LogP contribution in [0.25, 0.3) is 0 Å². The highest BCUT2D eigenvalue weighted by Gasteiger charge is 2.26. The van der Waals surface area contributed by atoms with Gasteiger partial charge in [-0.1, -0.05) is 24.3 Å². The monoisotopic (exact) mass is 307 g/mol. The molecule has 2 aliphatic rings. The van der Waals surface area contributed by atoms with E-state index >= 15 is 0 Å². The molecule has 0 radical (unpaired) electrons. The zero-order chi connectivity index (χ0) is 14.9. The number of rotatable bonds is 3. The maximum atomic E-state index is 12.1. The number of hydrogen-bond donors (Lipinski definition) is 1. The first-order valence-electron chi connectivity index (χ1n) is 6.95. The molecule has 1 amide bonds. The Bertz CT molecular complexity index is 681. The fourth-order valence-electron chi connectivity index (χ4n) is 2.75. The van der Waals surface area contributed by atoms with Gasteiger partial charge < -0.3 is 10.1 Å². The molecule has 1 N–H and O–H groups in total. The number of nitrogens with one attached hydrogen (secondary N) is 1. The minimum absolute atomic E-state index is 0.0325. The van der Waals surface area contributed by atoms with Gasteiger partial charge in [-0.2, -0.15) is 0 Å². The second kappa shape index (κ2) is 5.52. The molecule has 21 heavy (non-hydrogen) atoms. The van der Waals surface area contributed by atoms with Crippen LogP contribution in [0.4, 0.5) is 0 Å². The second-order valence-corrected chi connectivity index (χ2v) is 7.35. The molecule has 2 heterocycles. The summed E-state index contributed by atoms with van der Waals surface area (Å²) < 4.78 is 28.2. The number of para-hydroxylation sites is 1. The van der Waals surface area contributed by atoms with Crippen LogP contribution in [-0.4, -0.2) is 26.7 Å². The van der Waals surface area contributed by atoms with Crippen LogP contribution in [0.2, 0.25) is 0 Å². The molecule has 0 saturated carbocycles. The Balaban J connectivity index is 1.63. The number of benzene rings is 1. The average molecular weight is 307 g/mol. The molecule has 0 unspecified atom stereocenters. The van der Waals surface area contributed by atoms with Crippen LogP contribution in [0.1, 0.15) is 24.4 Å². The van der Waals surface area contributed by atoms with Gasteiger partial charge in [0, 0.05) is 29.7 Å². The lowest BCUT2D eigenvalue weighted by Crippen LogP contribution is -2.33. The maximum Gasteiger partial charge on any atom is 0.221 e. The molecule has 112 valence electrons. The number of carbonyl (C=O) groups excluding carboxylic acids is 1. The van der Waals surface area contributed by atoms with Crippen LogP contribution < -0.4 is 10.1 Å². The number of fused-ring (bicyclic) bond motifs is 1. The summed E-state index contributed by atoms with van der Waals surface area (Å²) in [5.41, 5.74) is 0.978. The molecule has 2 aliphatic heterocycles. The van der Waals surface area contributed by atoms with Crippen LogP contribution in [0, 0.1) is 5.92 Å². The van der Waals surface area contributed by atoms with Gasteiger partial charge in [0.05, 0.1) is 18.4 Å². The number of hydrogen-bond acceptors (Lipinski definition) is 4. The van der Waals surface area contributed by atoms with Crippen molar-refractivity contribution in [1.29, 1.82) is 0 Å². The molecule has 3 rings (SSSR count). The first-order valence-corrected chi connectivity index (χ1v) is 8.67. The zero-order valence-corrected chi connectivity index (χ0v) is 12.3. The standard InChI is InChI=1S/C15H17NO4S/c17-15(9-11-6-8-21(18,19)10-11)16-13-5-7-20-14-4-2-1-3-12(13)14/h1-4,6,8,11,13H,5,7,9-10H2,(H,16,17)/t11-,13+/m0/s1. The van der Waals surface area contributed by atoms with Gasteiger partial charge in [0.15, 0.2) is 9.84 Å². The van der Waals surface area contributed by atoms with Gasteiger partial charge in [-0.15, -0.1) is 0 Å². The van der Waals surface area contributed by atoms with E-state index in [4.69, 9.17) is 4.74 Å². The first-order chi connectivity index (χ1) is 10.0. The van der Waals surface area contributed by atoms with E-state index in [1.807, 2.05) is 24.3 Å². The molecule has 2 atom stereocenters. The normalized spacial score (nSPS) is 25.9. The highest BCUT2D eigenvalue weighted by molar-refractivity contribution is 7.94. The third kappa shape index (κ3) is 3.26. The molecule has 0 saturated heterocycles. The summed E-state index contributed by atoms with van der Waals surface area (Å²) in [5.74, 6) is 0.496. The predicted octanol–water partition coefficient (Wildman–Crippen LogP) is 1.57. The molecule has 0 fully saturated rings. The summed E-state index contributed by atoms with van der Waals surface area (Å²) in [6, 6.07) is 7.58. The average Bonchev–Trinajstić information content (AvgIpc) is 2.78. The number of amides is 1. The lowest BCUT2D eigenvalue weighted by molar-refractivity contribution is -0.122. The quantitative estimate of drug-likeness (QED) is 0.920. The molecule has 0 bridgehead atoms. The highest BCUT2D eigenvalue weighted by Crippen LogP contribution is 2.31. The Morgan fingerprint density at radius 1 is 1.33 bits per heavy atom. The molecular formula is C15H17NO4S. The van der Waals surface area contributed by atoms with Crippen molar-refractivity contribution < 1.29 is 17.9 Å². The topological polar surface area (TPSA) is 72.5 Å². The lowest BCUT2D eigenvalue weighted by atomic mass is 9.99. The van der Waals surface area contributed by atoms with Gasteiger partial charge in [-0.05, 0) is 6.07 Å². The Morgan fingerprint density at radius 3 is 2.90 bits per heavy atom. The minimum Gasteiger partial charge on any atom is -0.493 e. The Labute approximate surface area is 123 Å². The van der Waals surface area contributed by atoms with E-state index in [1.54, 1.807) is 6.08 Å². The molecular weight excluding hydrogens is 290 g/mol. The van der Waals surface area contributed by atoms with Gasteiger partial charge in [0.1, 0.15) is 5.75 Å². The summed E-state index contributed by atoms with van der Waals surface area (Å²) >= 11 is 0. The van der Waals surface area contributed by atoms with Crippen LogP contribution in [0.15, 0.2) is 35.7 Å². The molecule has 0 aliphatic carbocycles. The van der Waals surface area contributed by atoms with Crippen LogP contribution in [0.3, 0.4) is 0 Å². The lowest BCUT2D eigenvalue weighted by Gasteiger charge is -2.26. The van der Waals surface area contributed by atoms with Crippen molar-refractivity contribution in [3.8, 4) is 5.75 Å². The maximum absolute atomic E-state index is 12.1. The van der Waals surface area contributed by atoms with Crippen molar-refractivity contribution in [2.45, 2.75) is 18.9 Å². The summed E-state index contributed by atoms with van der Waals surface area (Å²) in [7, 11) is -3.10. The van der Waals surface area contributed by atoms with E-state index in [0.717, 1.165) is 17.7 Å². The smallest absolute Gasteiger partial charge is 0.221 e. The van der Waals surface area contributed by atoms with Crippen molar-refractivity contribution in [2.24, 2.45) is 5.92 Å². The summed E-state index contributed by atoms with van der Waals surface area (Å²) in [5, 5.41) is 4.18. The van der Waals surface area contributed by atoms with Crippen molar-refractivity contribution >= 4 is 15.7 Å². The van der Waals surface area contributed by atoms with E-state index in [0.29, 0.717) is 6.61 Å². The van der Waals surface area contributed by atoms with Gasteiger partial charge in [0.25, 0.3) is 0 Å². The Kier molecular flexibility index (Phi) is 3.71. The van der Waals surface area contributed by atoms with E-state index in [1.165, 1.54) is 5.41 Å². The van der Waals surface area contributed by atoms with Crippen LogP contribution >= 0.6 is 0 Å². The SMILES string of the molecule is O=C(C[C@@H]1C=CS(=O)(=O)C1)N[C@@H]1CCOc2ccccc21. The van der Waals surface area contributed by atoms with Gasteiger partial charge in [-0.3, -0.25) is 4.79 Å². The number of allylic oxidation sites excluding steroid dienone is 1. The molecule has 6 heteroatoms. The molecule has 5 nitrogen and oxygen atoms in total. The van der Waals surface area contributed by atoms with E-state index in [2.05, 4.69) is 5.32 Å². The zero-order valence-electron chi connectivity index (χ0n) is 11.5. The highest BCUT2D eigenvalue weighted by atomic mass is 32.2. The second-order valence-electron chi connectivity index (χ2n) is 5.42. The number of carbonyl (C=O) groups is 1. The third-order valence-electron chi connectivity index (χ3n) is 3.75. The molecule has 0 spiro atoms. The summed E-state index contributed by atoms with van der Waals surface area (Å²) in [6.45, 7) is 0.569. The third-order valence-corrected chi connectivity index (χ3v) is 5.21. The minimum atomic E-state index is -3.10. The van der Waals surface area contributed by atoms with Gasteiger partial charge in [0.2, 0.25) is 5.91 Å².